The molecule has 0 saturated carbocycles. The molecule has 44 heavy (non-hydrogen) atoms. The molecule has 0 amide bonds. The molecular weight excluding hydrogens is 607 g/mol. The molecule has 18 nitrogen and oxygen atoms in total. The second-order valence-corrected chi connectivity index (χ2v) is 11.5. The van der Waals surface area contributed by atoms with E-state index in [0.717, 1.165) is 4.57 Å². The van der Waals surface area contributed by atoms with Gasteiger partial charge in [0.2, 0.25) is 0 Å². The van der Waals surface area contributed by atoms with Crippen molar-refractivity contribution in [2.75, 3.05) is 26.1 Å². The number of hydrogen-bond donors (Lipinski definition) is 5. The molecule has 2 fully saturated rings. The van der Waals surface area contributed by atoms with Crippen LogP contribution in [-0.2, 0) is 27.8 Å². The number of aliphatic hydroxyl groups excluding tert-OH is 2. The molecule has 236 valence electrons. The average molecular weight is 637 g/mol. The number of anilines is 1. The van der Waals surface area contributed by atoms with Gasteiger partial charge in [-0.05, 0) is 18.2 Å². The molecular formula is C25H29N6O12P. The maximum atomic E-state index is 13.0. The lowest BCUT2D eigenvalue weighted by atomic mass is 10.1. The fourth-order valence-corrected chi connectivity index (χ4v) is 6.26. The van der Waals surface area contributed by atoms with Crippen molar-refractivity contribution in [3.05, 3.63) is 64.0 Å². The number of nitrogen functional groups attached to an aromatic ring is 1. The third kappa shape index (κ3) is 5.63. The van der Waals surface area contributed by atoms with Crippen LogP contribution in [0.5, 0.6) is 0 Å². The number of pyridine rings is 1. The van der Waals surface area contributed by atoms with E-state index in [4.69, 9.17) is 33.4 Å². The van der Waals surface area contributed by atoms with Crippen molar-refractivity contribution in [2.24, 2.45) is 0 Å². The SMILES string of the molecule is CO[C@H]1C(O)[C@@H](COP(=O)(O)OC2C[C@H](n3cc(-c4ccco4)c(=O)[nH]c3=O)O[C@@H]2CO)O[C@H]1n1cnc2c(N)ccnc21. The second kappa shape index (κ2) is 12.0. The number of nitrogens with two attached hydrogens (primary N) is 1. The molecule has 0 bridgehead atoms. The smallest absolute Gasteiger partial charge is 0.464 e. The molecule has 4 aromatic heterocycles. The summed E-state index contributed by atoms with van der Waals surface area (Å²) in [6.07, 6.45) is -2.33. The molecule has 0 aliphatic carbocycles. The van der Waals surface area contributed by atoms with Crippen molar-refractivity contribution in [3.63, 3.8) is 0 Å². The number of hydrogen-bond acceptors (Lipinski definition) is 14. The van der Waals surface area contributed by atoms with Crippen LogP contribution in [0.2, 0.25) is 0 Å². The largest absolute Gasteiger partial charge is 0.472 e. The molecule has 0 aromatic carbocycles. The van der Waals surface area contributed by atoms with Gasteiger partial charge in [-0.15, -0.1) is 0 Å². The standard InChI is InChI=1S/C25H29N6O12P/c1-38-21-20(33)17(42-24(21)31-11-28-19-13(26)4-5-27-22(19)31)10-40-44(36,37)43-15-7-18(41-16(15)9-32)30-8-12(14-3-2-6-39-14)23(34)29-25(30)35/h2-6,8,11,15-18,20-21,24,32-33H,7,9-10H2,1H3,(H2,26,27)(H,36,37)(H,29,34,35)/t15?,16-,17-,18-,20?,21+,24-/m1/s1. The van der Waals surface area contributed by atoms with Crippen LogP contribution in [0.1, 0.15) is 18.9 Å². The Morgan fingerprint density at radius 1 is 1.20 bits per heavy atom. The lowest BCUT2D eigenvalue weighted by molar-refractivity contribution is -0.0627. The van der Waals surface area contributed by atoms with Crippen LogP contribution in [-0.4, -0.2) is 90.0 Å². The van der Waals surface area contributed by atoms with Crippen molar-refractivity contribution in [3.8, 4) is 11.3 Å². The Kier molecular flexibility index (Phi) is 8.27. The molecule has 6 N–H and O–H groups in total. The zero-order valence-corrected chi connectivity index (χ0v) is 23.9. The number of fused-ring (bicyclic) bond motifs is 1. The minimum Gasteiger partial charge on any atom is -0.464 e. The quantitative estimate of drug-likeness (QED) is 0.142. The van der Waals surface area contributed by atoms with Crippen LogP contribution in [0.15, 0.2) is 57.2 Å². The van der Waals surface area contributed by atoms with Crippen molar-refractivity contribution >= 4 is 24.7 Å². The molecule has 4 aromatic rings. The maximum Gasteiger partial charge on any atom is 0.472 e. The van der Waals surface area contributed by atoms with Crippen LogP contribution in [0.4, 0.5) is 5.69 Å². The number of phosphoric ester groups is 1. The summed E-state index contributed by atoms with van der Waals surface area (Å²) < 4.78 is 48.4. The van der Waals surface area contributed by atoms with E-state index in [0.29, 0.717) is 16.9 Å². The van der Waals surface area contributed by atoms with Crippen molar-refractivity contribution in [1.29, 1.82) is 0 Å². The van der Waals surface area contributed by atoms with E-state index in [9.17, 15) is 29.3 Å². The van der Waals surface area contributed by atoms with Gasteiger partial charge in [0.1, 0.15) is 48.0 Å². The summed E-state index contributed by atoms with van der Waals surface area (Å²) in [6, 6.07) is 4.69. The molecule has 2 aliphatic rings. The summed E-state index contributed by atoms with van der Waals surface area (Å²) in [5, 5.41) is 20.7. The Hall–Kier alpha value is -3.71. The van der Waals surface area contributed by atoms with Gasteiger partial charge in [0.25, 0.3) is 5.56 Å². The molecule has 2 saturated heterocycles. The Labute approximate surface area is 247 Å². The highest BCUT2D eigenvalue weighted by Crippen LogP contribution is 2.49. The van der Waals surface area contributed by atoms with Crippen molar-refractivity contribution in [1.82, 2.24) is 24.1 Å². The highest BCUT2D eigenvalue weighted by atomic mass is 31.2. The number of methoxy groups -OCH3 is 1. The second-order valence-electron chi connectivity index (χ2n) is 10.1. The minimum atomic E-state index is -4.84. The number of imidazole rings is 1. The summed E-state index contributed by atoms with van der Waals surface area (Å²) in [4.78, 5) is 46.1. The predicted octanol–water partition coefficient (Wildman–Crippen LogP) is -0.121. The van der Waals surface area contributed by atoms with Gasteiger partial charge in [-0.25, -0.2) is 19.3 Å². The molecule has 8 atom stereocenters. The van der Waals surface area contributed by atoms with Gasteiger partial charge in [0.15, 0.2) is 11.9 Å². The number of ether oxygens (including phenoxy) is 3. The fraction of sp³-hybridized carbons (Fsp3) is 0.440. The molecule has 6 heterocycles. The normalized spacial score (nSPS) is 28.5. The van der Waals surface area contributed by atoms with E-state index >= 15 is 0 Å². The van der Waals surface area contributed by atoms with E-state index in [2.05, 4.69) is 15.0 Å². The van der Waals surface area contributed by atoms with E-state index < -0.39 is 75.3 Å². The number of nitrogens with one attached hydrogen (secondary N) is 1. The van der Waals surface area contributed by atoms with Gasteiger partial charge in [0.05, 0.1) is 37.1 Å². The van der Waals surface area contributed by atoms with Gasteiger partial charge >= 0.3 is 13.5 Å². The fourth-order valence-electron chi connectivity index (χ4n) is 5.30. The first kappa shape index (κ1) is 30.3. The molecule has 0 spiro atoms. The minimum absolute atomic E-state index is 0.0463. The van der Waals surface area contributed by atoms with Crippen LogP contribution < -0.4 is 17.0 Å². The number of rotatable bonds is 10. The first-order chi connectivity index (χ1) is 21.1. The summed E-state index contributed by atoms with van der Waals surface area (Å²) in [7, 11) is -3.48. The van der Waals surface area contributed by atoms with Gasteiger partial charge < -0.3 is 39.5 Å². The van der Waals surface area contributed by atoms with Crippen molar-refractivity contribution < 1.29 is 47.3 Å². The number of H-pyrrole nitrogens is 1. The van der Waals surface area contributed by atoms with Crippen LogP contribution in [0, 0.1) is 0 Å². The maximum absolute atomic E-state index is 13.0. The zero-order chi connectivity index (χ0) is 31.2. The molecule has 6 rings (SSSR count). The summed E-state index contributed by atoms with van der Waals surface area (Å²) in [5.74, 6) is 0.202. The summed E-state index contributed by atoms with van der Waals surface area (Å²) in [5.41, 5.74) is 5.71. The summed E-state index contributed by atoms with van der Waals surface area (Å²) in [6.45, 7) is -1.20. The van der Waals surface area contributed by atoms with Crippen molar-refractivity contribution in [2.45, 2.75) is 49.4 Å². The van der Waals surface area contributed by atoms with Crippen LogP contribution >= 0.6 is 7.82 Å². The van der Waals surface area contributed by atoms with Gasteiger partial charge in [-0.3, -0.25) is 28.0 Å². The van der Waals surface area contributed by atoms with E-state index in [1.165, 1.54) is 42.7 Å². The third-order valence-corrected chi connectivity index (χ3v) is 8.46. The molecule has 0 radical (unpaired) electrons. The lowest BCUT2D eigenvalue weighted by Gasteiger charge is -2.21. The van der Waals surface area contributed by atoms with Gasteiger partial charge in [-0.2, -0.15) is 0 Å². The number of phosphoric acid groups is 1. The molecule has 3 unspecified atom stereocenters. The zero-order valence-electron chi connectivity index (χ0n) is 23.0. The molecule has 19 heteroatoms. The van der Waals surface area contributed by atoms with Crippen LogP contribution in [0.25, 0.3) is 22.5 Å². The number of nitrogens with zero attached hydrogens (tertiary/aromatic N) is 4. The Morgan fingerprint density at radius 2 is 2.02 bits per heavy atom. The topological polar surface area (TPSA) is 249 Å². The first-order valence-electron chi connectivity index (χ1n) is 13.3. The Bertz CT molecular complexity index is 1790. The predicted molar refractivity (Wildman–Crippen MR) is 148 cm³/mol. The van der Waals surface area contributed by atoms with Crippen LogP contribution in [0.3, 0.4) is 0 Å². The average Bonchev–Trinajstić information content (AvgIpc) is 3.78. The van der Waals surface area contributed by atoms with E-state index in [-0.39, 0.29) is 17.7 Å². The van der Waals surface area contributed by atoms with Gasteiger partial charge in [-0.1, -0.05) is 0 Å². The highest BCUT2D eigenvalue weighted by molar-refractivity contribution is 7.47. The first-order valence-corrected chi connectivity index (χ1v) is 14.8. The Morgan fingerprint density at radius 3 is 2.75 bits per heavy atom. The third-order valence-electron chi connectivity index (χ3n) is 7.45. The van der Waals surface area contributed by atoms with Gasteiger partial charge in [0, 0.05) is 25.9 Å². The Balaban J connectivity index is 1.13. The number of aromatic nitrogens is 5. The lowest BCUT2D eigenvalue weighted by Crippen LogP contribution is -2.35. The monoisotopic (exact) mass is 636 g/mol. The van der Waals surface area contributed by atoms with E-state index in [1.54, 1.807) is 12.1 Å². The molecule has 2 aliphatic heterocycles. The number of aliphatic hydroxyl groups is 2. The number of aromatic amines is 1. The van der Waals surface area contributed by atoms with E-state index in [1.807, 2.05) is 0 Å². The number of furan rings is 1. The highest BCUT2D eigenvalue weighted by Gasteiger charge is 2.47. The summed E-state index contributed by atoms with van der Waals surface area (Å²) >= 11 is 0.